The van der Waals surface area contributed by atoms with Crippen LogP contribution in [0.3, 0.4) is 0 Å². The number of benzene rings is 3. The molecule has 3 heterocycles. The molecule has 6 rings (SSSR count). The van der Waals surface area contributed by atoms with E-state index < -0.39 is 5.79 Å². The van der Waals surface area contributed by atoms with Crippen LogP contribution < -0.4 is 14.4 Å². The monoisotopic (exact) mass is 539 g/mol. The van der Waals surface area contributed by atoms with Gasteiger partial charge in [0.05, 0.1) is 26.0 Å². The van der Waals surface area contributed by atoms with Crippen molar-refractivity contribution in [3.05, 3.63) is 107 Å². The normalized spacial score (nSPS) is 16.4. The van der Waals surface area contributed by atoms with E-state index in [9.17, 15) is 0 Å². The lowest BCUT2D eigenvalue weighted by molar-refractivity contribution is -0.169. The van der Waals surface area contributed by atoms with Crippen molar-refractivity contribution in [1.82, 2.24) is 9.55 Å². The lowest BCUT2D eigenvalue weighted by Gasteiger charge is -2.38. The maximum absolute atomic E-state index is 6.01. The molecule has 0 radical (unpaired) electrons. The van der Waals surface area contributed by atoms with Crippen LogP contribution in [0.5, 0.6) is 11.5 Å². The van der Waals surface area contributed by atoms with E-state index in [4.69, 9.17) is 23.9 Å². The smallest absolute Gasteiger partial charge is 0.205 e. The van der Waals surface area contributed by atoms with Gasteiger partial charge < -0.3 is 28.4 Å². The summed E-state index contributed by atoms with van der Waals surface area (Å²) in [5, 5.41) is 0. The fourth-order valence-electron chi connectivity index (χ4n) is 5.63. The second-order valence-electron chi connectivity index (χ2n) is 10.6. The van der Waals surface area contributed by atoms with Crippen LogP contribution in [0.4, 0.5) is 5.95 Å². The van der Waals surface area contributed by atoms with Gasteiger partial charge >= 0.3 is 0 Å². The average Bonchev–Trinajstić information content (AvgIpc) is 3.58. The predicted octanol–water partition coefficient (Wildman–Crippen LogP) is 5.53. The molecule has 208 valence electrons. The molecule has 0 N–H and O–H groups in total. The maximum atomic E-state index is 6.01. The maximum Gasteiger partial charge on any atom is 0.205 e. The van der Waals surface area contributed by atoms with Gasteiger partial charge in [0.25, 0.3) is 0 Å². The third kappa shape index (κ3) is 5.86. The van der Waals surface area contributed by atoms with Crippen LogP contribution in [0, 0.1) is 0 Å². The molecule has 0 unspecified atom stereocenters. The SMILES string of the molecule is COc1ccc(Cc2nc(N3CCC4(CC3)OCCO4)n(C)c2Cc2ccc(OCc3ccccc3)cc2)cc1. The molecule has 0 atom stereocenters. The Labute approximate surface area is 236 Å². The Balaban J connectivity index is 1.21. The van der Waals surface area contributed by atoms with Crippen LogP contribution in [0.1, 0.15) is 40.9 Å². The van der Waals surface area contributed by atoms with E-state index >= 15 is 0 Å². The quantitative estimate of drug-likeness (QED) is 0.279. The molecule has 2 aliphatic rings. The molecule has 3 aromatic carbocycles. The van der Waals surface area contributed by atoms with Gasteiger partial charge in [-0.3, -0.25) is 0 Å². The fraction of sp³-hybridized carbons (Fsp3) is 0.364. The van der Waals surface area contributed by atoms with Gasteiger partial charge in [-0.1, -0.05) is 54.6 Å². The van der Waals surface area contributed by atoms with E-state index in [1.54, 1.807) is 7.11 Å². The first-order chi connectivity index (χ1) is 19.6. The molecular weight excluding hydrogens is 502 g/mol. The Morgan fingerprint density at radius 3 is 2.05 bits per heavy atom. The Morgan fingerprint density at radius 1 is 0.775 bits per heavy atom. The van der Waals surface area contributed by atoms with Gasteiger partial charge in [0, 0.05) is 51.5 Å². The molecule has 0 aliphatic carbocycles. The van der Waals surface area contributed by atoms with Crippen LogP contribution in [0.25, 0.3) is 0 Å². The van der Waals surface area contributed by atoms with E-state index in [0.29, 0.717) is 19.8 Å². The van der Waals surface area contributed by atoms with Gasteiger partial charge in [0.15, 0.2) is 5.79 Å². The highest BCUT2D eigenvalue weighted by Crippen LogP contribution is 2.34. The Kier molecular flexibility index (Phi) is 7.75. The molecule has 0 bridgehead atoms. The van der Waals surface area contributed by atoms with Gasteiger partial charge in [-0.15, -0.1) is 0 Å². The van der Waals surface area contributed by atoms with Crippen LogP contribution >= 0.6 is 0 Å². The third-order valence-electron chi connectivity index (χ3n) is 7.97. The number of piperidine rings is 1. The second kappa shape index (κ2) is 11.7. The fourth-order valence-corrected chi connectivity index (χ4v) is 5.63. The molecule has 0 saturated carbocycles. The van der Waals surface area contributed by atoms with Gasteiger partial charge in [-0.25, -0.2) is 4.98 Å². The molecule has 0 amide bonds. The minimum atomic E-state index is -0.402. The lowest BCUT2D eigenvalue weighted by Crippen LogP contribution is -2.46. The molecule has 7 heteroatoms. The average molecular weight is 540 g/mol. The van der Waals surface area contributed by atoms with Gasteiger partial charge in [-0.2, -0.15) is 0 Å². The lowest BCUT2D eigenvalue weighted by atomic mass is 10.0. The van der Waals surface area contributed by atoms with Crippen molar-refractivity contribution in [1.29, 1.82) is 0 Å². The van der Waals surface area contributed by atoms with Crippen molar-refractivity contribution in [3.8, 4) is 11.5 Å². The van der Waals surface area contributed by atoms with Gasteiger partial charge in [0.2, 0.25) is 5.95 Å². The number of ether oxygens (including phenoxy) is 4. The number of hydrogen-bond acceptors (Lipinski definition) is 6. The molecule has 7 nitrogen and oxygen atoms in total. The van der Waals surface area contributed by atoms with Crippen molar-refractivity contribution in [2.45, 2.75) is 38.1 Å². The molecule has 1 spiro atoms. The summed E-state index contributed by atoms with van der Waals surface area (Å²) in [6, 6.07) is 26.9. The van der Waals surface area contributed by atoms with E-state index in [1.807, 2.05) is 30.3 Å². The topological polar surface area (TPSA) is 58.0 Å². The van der Waals surface area contributed by atoms with Crippen LogP contribution in [0.2, 0.25) is 0 Å². The first-order valence-corrected chi connectivity index (χ1v) is 14.1. The summed E-state index contributed by atoms with van der Waals surface area (Å²) >= 11 is 0. The standard InChI is InChI=1S/C33H37N3O4/c1-35-31(23-26-10-14-29(15-11-26)38-24-27-6-4-3-5-7-27)30(22-25-8-12-28(37-2)13-9-25)34-32(35)36-18-16-33(17-19-36)39-20-21-40-33/h3-15H,16-24H2,1-2H3. The Bertz CT molecular complexity index is 1380. The molecular formula is C33H37N3O4. The van der Waals surface area contributed by atoms with Gasteiger partial charge in [-0.05, 0) is 41.0 Å². The third-order valence-corrected chi connectivity index (χ3v) is 7.97. The highest BCUT2D eigenvalue weighted by molar-refractivity contribution is 5.43. The number of aromatic nitrogens is 2. The van der Waals surface area contributed by atoms with E-state index in [-0.39, 0.29) is 0 Å². The summed E-state index contributed by atoms with van der Waals surface area (Å²) in [5.74, 6) is 2.34. The number of nitrogens with zero attached hydrogens (tertiary/aromatic N) is 3. The van der Waals surface area contributed by atoms with Crippen molar-refractivity contribution < 1.29 is 18.9 Å². The van der Waals surface area contributed by atoms with Crippen molar-refractivity contribution in [3.63, 3.8) is 0 Å². The number of anilines is 1. The van der Waals surface area contributed by atoms with Crippen LogP contribution in [0.15, 0.2) is 78.9 Å². The summed E-state index contributed by atoms with van der Waals surface area (Å²) in [5.41, 5.74) is 5.91. The van der Waals surface area contributed by atoms with Crippen molar-refractivity contribution in [2.24, 2.45) is 7.05 Å². The van der Waals surface area contributed by atoms with E-state index in [2.05, 4.69) is 65.0 Å². The zero-order valence-electron chi connectivity index (χ0n) is 23.3. The summed E-state index contributed by atoms with van der Waals surface area (Å²) < 4.78 is 25.6. The molecule has 2 fully saturated rings. The van der Waals surface area contributed by atoms with Gasteiger partial charge in [0.1, 0.15) is 18.1 Å². The largest absolute Gasteiger partial charge is 0.497 e. The highest BCUT2D eigenvalue weighted by Gasteiger charge is 2.40. The van der Waals surface area contributed by atoms with E-state index in [0.717, 1.165) is 67.5 Å². The number of imidazole rings is 1. The first kappa shape index (κ1) is 26.4. The number of rotatable bonds is 9. The summed E-state index contributed by atoms with van der Waals surface area (Å²) in [6.45, 7) is 3.66. The summed E-state index contributed by atoms with van der Waals surface area (Å²) in [4.78, 5) is 7.59. The van der Waals surface area contributed by atoms with Crippen molar-refractivity contribution in [2.75, 3.05) is 38.3 Å². The van der Waals surface area contributed by atoms with Crippen LogP contribution in [-0.2, 0) is 36.0 Å². The Hall–Kier alpha value is -3.81. The first-order valence-electron chi connectivity index (χ1n) is 14.1. The zero-order chi connectivity index (χ0) is 27.4. The summed E-state index contributed by atoms with van der Waals surface area (Å²) in [6.07, 6.45) is 3.26. The number of methoxy groups -OCH3 is 1. The van der Waals surface area contributed by atoms with Crippen LogP contribution in [-0.4, -0.2) is 48.8 Å². The molecule has 2 aliphatic heterocycles. The van der Waals surface area contributed by atoms with E-state index in [1.165, 1.54) is 16.8 Å². The highest BCUT2D eigenvalue weighted by atomic mass is 16.7. The Morgan fingerprint density at radius 2 is 1.40 bits per heavy atom. The van der Waals surface area contributed by atoms with Crippen molar-refractivity contribution >= 4 is 5.95 Å². The minimum absolute atomic E-state index is 0.402. The molecule has 4 aromatic rings. The molecule has 40 heavy (non-hydrogen) atoms. The molecule has 2 saturated heterocycles. The predicted molar refractivity (Wildman–Crippen MR) is 155 cm³/mol. The zero-order valence-corrected chi connectivity index (χ0v) is 23.3. The minimum Gasteiger partial charge on any atom is -0.497 e. The summed E-state index contributed by atoms with van der Waals surface area (Å²) in [7, 11) is 3.83. The second-order valence-corrected chi connectivity index (χ2v) is 10.6. The molecule has 1 aromatic heterocycles. The number of hydrogen-bond donors (Lipinski definition) is 0.